The Labute approximate surface area is 75.4 Å². The Morgan fingerprint density at radius 2 is 2.08 bits per heavy atom. The average Bonchev–Trinajstić information content (AvgIpc) is 1.81. The van der Waals surface area contributed by atoms with E-state index in [2.05, 4.69) is 15.6 Å². The molecule has 2 N–H and O–H groups in total. The lowest BCUT2D eigenvalue weighted by Gasteiger charge is -2.12. The molecule has 0 saturated carbocycles. The first kappa shape index (κ1) is 12.3. The molecule has 2 unspecified atom stereocenters. The topological polar surface area (TPSA) is 93.1 Å². The second kappa shape index (κ2) is 4.53. The first-order chi connectivity index (χ1) is 5.74. The quantitative estimate of drug-likeness (QED) is 0.400. The zero-order valence-corrected chi connectivity index (χ0v) is 8.15. The lowest BCUT2D eigenvalue weighted by atomic mass is 10.4. The highest BCUT2D eigenvalue weighted by Crippen LogP contribution is 2.44. The van der Waals surface area contributed by atoms with Crippen LogP contribution < -0.4 is 0 Å². The normalized spacial score (nSPS) is 17.2. The van der Waals surface area contributed by atoms with Crippen LogP contribution >= 0.6 is 7.82 Å². The molecule has 0 radical (unpaired) electrons. The highest BCUT2D eigenvalue weighted by molar-refractivity contribution is 7.48. The zero-order valence-electron chi connectivity index (χ0n) is 7.26. The summed E-state index contributed by atoms with van der Waals surface area (Å²) in [5.41, 5.74) is -0.0385. The summed E-state index contributed by atoms with van der Waals surface area (Å²) < 4.78 is 18.9. The van der Waals surface area contributed by atoms with Crippen LogP contribution in [0.1, 0.15) is 13.8 Å². The van der Waals surface area contributed by atoms with Crippen LogP contribution in [0.3, 0.4) is 0 Å². The molecule has 76 valence electrons. The van der Waals surface area contributed by atoms with Crippen molar-refractivity contribution in [1.82, 2.24) is 0 Å². The molecule has 0 aliphatic rings. The molecule has 0 spiro atoms. The van der Waals surface area contributed by atoms with Crippen LogP contribution in [0.2, 0.25) is 0 Å². The van der Waals surface area contributed by atoms with E-state index in [-0.39, 0.29) is 5.57 Å². The minimum absolute atomic E-state index is 0.0385. The fourth-order valence-electron chi connectivity index (χ4n) is 0.397. The molecule has 0 saturated heterocycles. The van der Waals surface area contributed by atoms with E-state index in [4.69, 9.17) is 10.00 Å². The van der Waals surface area contributed by atoms with Gasteiger partial charge in [-0.2, -0.15) is 0 Å². The summed E-state index contributed by atoms with van der Waals surface area (Å²) in [4.78, 5) is 19.5. The maximum absolute atomic E-state index is 10.8. The van der Waals surface area contributed by atoms with Gasteiger partial charge < -0.3 is 9.63 Å². The molecule has 0 bridgehead atoms. The summed E-state index contributed by atoms with van der Waals surface area (Å²) in [6.45, 7) is 5.61. The van der Waals surface area contributed by atoms with Gasteiger partial charge in [-0.05, 0) is 13.8 Å². The van der Waals surface area contributed by atoms with Crippen molar-refractivity contribution in [3.05, 3.63) is 12.2 Å². The zero-order chi connectivity index (χ0) is 10.6. The molecule has 7 heteroatoms. The third-order valence-electron chi connectivity index (χ3n) is 0.832. The third-order valence-corrected chi connectivity index (χ3v) is 1.80. The lowest BCUT2D eigenvalue weighted by Crippen LogP contribution is -2.10. The molecule has 0 amide bonds. The van der Waals surface area contributed by atoms with Gasteiger partial charge in [0.15, 0.2) is 6.29 Å². The molecule has 0 aromatic heterocycles. The van der Waals surface area contributed by atoms with Gasteiger partial charge >= 0.3 is 13.8 Å². The van der Waals surface area contributed by atoms with E-state index in [9.17, 15) is 9.36 Å². The Balaban J connectivity index is 4.26. The van der Waals surface area contributed by atoms with Crippen molar-refractivity contribution in [3.8, 4) is 0 Å². The van der Waals surface area contributed by atoms with E-state index < -0.39 is 20.1 Å². The summed E-state index contributed by atoms with van der Waals surface area (Å²) in [7, 11) is -4.52. The van der Waals surface area contributed by atoms with E-state index in [1.54, 1.807) is 0 Å². The minimum atomic E-state index is -4.52. The number of rotatable bonds is 4. The Hall–Kier alpha value is -0.680. The number of phosphoric ester groups is 1. The number of carbonyl (C=O) groups is 1. The molecule has 2 atom stereocenters. The maximum atomic E-state index is 10.8. The molecule has 0 aliphatic heterocycles. The Bertz CT molecular complexity index is 258. The van der Waals surface area contributed by atoms with Crippen molar-refractivity contribution in [2.45, 2.75) is 20.1 Å². The van der Waals surface area contributed by atoms with Crippen molar-refractivity contribution in [3.63, 3.8) is 0 Å². The van der Waals surface area contributed by atoms with Crippen LogP contribution in [-0.4, -0.2) is 22.3 Å². The van der Waals surface area contributed by atoms with Gasteiger partial charge in [0.1, 0.15) is 0 Å². The number of aliphatic hydroxyl groups excluding tert-OH is 1. The van der Waals surface area contributed by atoms with Gasteiger partial charge in [-0.15, -0.1) is 0 Å². The predicted octanol–water partition coefficient (Wildman–Crippen LogP) is 0.561. The van der Waals surface area contributed by atoms with Gasteiger partial charge in [0.2, 0.25) is 0 Å². The molecule has 6 nitrogen and oxygen atoms in total. The average molecular weight is 210 g/mol. The Morgan fingerprint density at radius 1 is 1.62 bits per heavy atom. The first-order valence-electron chi connectivity index (χ1n) is 3.33. The van der Waals surface area contributed by atoms with Gasteiger partial charge in [0.05, 0.1) is 0 Å². The van der Waals surface area contributed by atoms with Crippen molar-refractivity contribution in [2.24, 2.45) is 0 Å². The summed E-state index contributed by atoms with van der Waals surface area (Å²) >= 11 is 0. The van der Waals surface area contributed by atoms with E-state index in [1.807, 2.05) is 0 Å². The number of carbonyl (C=O) groups excluding carboxylic acids is 1. The summed E-state index contributed by atoms with van der Waals surface area (Å²) in [5, 5.41) is 8.57. The van der Waals surface area contributed by atoms with Crippen molar-refractivity contribution < 1.29 is 28.4 Å². The van der Waals surface area contributed by atoms with E-state index >= 15 is 0 Å². The number of hydrogen-bond donors (Lipinski definition) is 2. The van der Waals surface area contributed by atoms with Gasteiger partial charge in [-0.1, -0.05) is 6.58 Å². The molecular weight excluding hydrogens is 199 g/mol. The largest absolute Gasteiger partial charge is 0.532 e. The standard InChI is InChI=1S/C6H11O6P/c1-4(2)6(8)12-13(9,10)11-5(3)7/h5,7H,1H2,2-3H3,(H,9,10). The first-order valence-corrected chi connectivity index (χ1v) is 4.83. The summed E-state index contributed by atoms with van der Waals surface area (Å²) in [6, 6.07) is 0. The fraction of sp³-hybridized carbons (Fsp3) is 0.500. The maximum Gasteiger partial charge on any atom is 0.532 e. The van der Waals surface area contributed by atoms with E-state index in [0.29, 0.717) is 0 Å². The van der Waals surface area contributed by atoms with Crippen LogP contribution in [0.4, 0.5) is 0 Å². The fourth-order valence-corrected chi connectivity index (χ4v) is 1.19. The molecular formula is C6H11O6P. The van der Waals surface area contributed by atoms with Crippen LogP contribution in [0.5, 0.6) is 0 Å². The van der Waals surface area contributed by atoms with Crippen molar-refractivity contribution in [1.29, 1.82) is 0 Å². The molecule has 13 heavy (non-hydrogen) atoms. The van der Waals surface area contributed by atoms with Crippen molar-refractivity contribution >= 4 is 13.8 Å². The summed E-state index contributed by atoms with van der Waals surface area (Å²) in [6.07, 6.45) is -1.49. The molecule has 0 rings (SSSR count). The van der Waals surface area contributed by atoms with Crippen LogP contribution in [-0.2, 0) is 18.4 Å². The highest BCUT2D eigenvalue weighted by atomic mass is 31.2. The van der Waals surface area contributed by atoms with Crippen LogP contribution in [0.15, 0.2) is 12.2 Å². The molecule has 0 aliphatic carbocycles. The van der Waals surface area contributed by atoms with E-state index in [0.717, 1.165) is 6.92 Å². The second-order valence-electron chi connectivity index (χ2n) is 2.33. The predicted molar refractivity (Wildman–Crippen MR) is 43.5 cm³/mol. The number of phosphoric acid groups is 1. The van der Waals surface area contributed by atoms with Gasteiger partial charge in [0.25, 0.3) is 0 Å². The highest BCUT2D eigenvalue weighted by Gasteiger charge is 2.28. The lowest BCUT2D eigenvalue weighted by molar-refractivity contribution is -0.133. The minimum Gasteiger partial charge on any atom is -0.368 e. The Kier molecular flexibility index (Phi) is 4.29. The molecule has 0 aromatic carbocycles. The summed E-state index contributed by atoms with van der Waals surface area (Å²) in [5.74, 6) is -1.05. The van der Waals surface area contributed by atoms with Gasteiger partial charge in [-0.25, -0.2) is 13.9 Å². The molecule has 0 heterocycles. The SMILES string of the molecule is C=C(C)C(=O)OP(=O)(O)OC(C)O. The van der Waals surface area contributed by atoms with Gasteiger partial charge in [-0.3, -0.25) is 4.89 Å². The number of aliphatic hydroxyl groups is 1. The van der Waals surface area contributed by atoms with Gasteiger partial charge in [0, 0.05) is 5.57 Å². The molecule has 0 fully saturated rings. The molecule has 0 aromatic rings. The van der Waals surface area contributed by atoms with Crippen LogP contribution in [0, 0.1) is 0 Å². The van der Waals surface area contributed by atoms with E-state index in [1.165, 1.54) is 6.92 Å². The second-order valence-corrected chi connectivity index (χ2v) is 3.66. The van der Waals surface area contributed by atoms with Crippen LogP contribution in [0.25, 0.3) is 0 Å². The van der Waals surface area contributed by atoms with Crippen molar-refractivity contribution in [2.75, 3.05) is 0 Å². The third kappa shape index (κ3) is 5.54. The Morgan fingerprint density at radius 3 is 2.38 bits per heavy atom. The smallest absolute Gasteiger partial charge is 0.368 e. The number of hydrogen-bond acceptors (Lipinski definition) is 5. The monoisotopic (exact) mass is 210 g/mol.